The van der Waals surface area contributed by atoms with Crippen LogP contribution in [-0.4, -0.2) is 35.3 Å². The number of hydrogen-bond acceptors (Lipinski definition) is 5. The number of ether oxygens (including phenoxy) is 1. The molecule has 21 heavy (non-hydrogen) atoms. The van der Waals surface area contributed by atoms with Gasteiger partial charge in [0.05, 0.1) is 11.9 Å². The lowest BCUT2D eigenvalue weighted by molar-refractivity contribution is -0.145. The Bertz CT molecular complexity index is 588. The van der Waals surface area contributed by atoms with E-state index in [0.29, 0.717) is 12.0 Å². The van der Waals surface area contributed by atoms with Gasteiger partial charge in [0.25, 0.3) is 10.1 Å². The first-order valence-electron chi connectivity index (χ1n) is 6.11. The molecule has 1 aromatic heterocycles. The highest BCUT2D eigenvalue weighted by Gasteiger charge is 2.35. The van der Waals surface area contributed by atoms with Gasteiger partial charge in [-0.25, -0.2) is 9.97 Å². The Hall–Kier alpha value is -1.26. The van der Waals surface area contributed by atoms with Gasteiger partial charge >= 0.3 is 6.18 Å². The monoisotopic (exact) mass is 326 g/mol. The van der Waals surface area contributed by atoms with Gasteiger partial charge in [0.2, 0.25) is 5.82 Å². The molecule has 0 amide bonds. The molecule has 1 aromatic rings. The molecule has 10 heteroatoms. The van der Waals surface area contributed by atoms with Gasteiger partial charge < -0.3 is 4.74 Å². The van der Waals surface area contributed by atoms with E-state index in [9.17, 15) is 21.6 Å². The Morgan fingerprint density at radius 3 is 2.48 bits per heavy atom. The minimum absolute atomic E-state index is 0.256. The lowest BCUT2D eigenvalue weighted by atomic mass is 9.94. The Kier molecular flexibility index (Phi) is 4.49. The van der Waals surface area contributed by atoms with Crippen LogP contribution in [0.3, 0.4) is 0 Å². The van der Waals surface area contributed by atoms with Crippen molar-refractivity contribution in [2.75, 3.05) is 12.4 Å². The van der Waals surface area contributed by atoms with Crippen LogP contribution in [0.5, 0.6) is 0 Å². The topological polar surface area (TPSA) is 89.4 Å². The third-order valence-corrected chi connectivity index (χ3v) is 4.03. The smallest absolute Gasteiger partial charge is 0.373 e. The van der Waals surface area contributed by atoms with E-state index in [-0.39, 0.29) is 18.9 Å². The molecule has 6 nitrogen and oxygen atoms in total. The van der Waals surface area contributed by atoms with Crippen LogP contribution in [0.25, 0.3) is 0 Å². The zero-order valence-electron chi connectivity index (χ0n) is 10.7. The number of nitrogens with zero attached hydrogens (tertiary/aromatic N) is 2. The van der Waals surface area contributed by atoms with Gasteiger partial charge in [0.15, 0.2) is 0 Å². The molecule has 0 aliphatic carbocycles. The van der Waals surface area contributed by atoms with E-state index in [1.54, 1.807) is 0 Å². The zero-order valence-corrected chi connectivity index (χ0v) is 11.6. The first-order chi connectivity index (χ1) is 9.65. The summed E-state index contributed by atoms with van der Waals surface area (Å²) in [5, 5.41) is 0. The molecule has 2 heterocycles. The molecule has 2 rings (SSSR count). The van der Waals surface area contributed by atoms with E-state index in [0.717, 1.165) is 12.4 Å². The molecular weight excluding hydrogens is 313 g/mol. The molecule has 118 valence electrons. The summed E-state index contributed by atoms with van der Waals surface area (Å²) in [6, 6.07) is 0. The van der Waals surface area contributed by atoms with E-state index in [4.69, 9.17) is 9.29 Å². The minimum Gasteiger partial charge on any atom is -0.373 e. The predicted octanol–water partition coefficient (Wildman–Crippen LogP) is 1.85. The van der Waals surface area contributed by atoms with Crippen LogP contribution in [0.1, 0.15) is 30.3 Å². The van der Waals surface area contributed by atoms with Gasteiger partial charge in [-0.1, -0.05) is 0 Å². The van der Waals surface area contributed by atoms with Crippen LogP contribution in [0.2, 0.25) is 0 Å². The first-order valence-corrected chi connectivity index (χ1v) is 7.72. The average molecular weight is 326 g/mol. The van der Waals surface area contributed by atoms with Gasteiger partial charge in [-0.05, 0) is 18.8 Å². The summed E-state index contributed by atoms with van der Waals surface area (Å²) in [5.74, 6) is -1.95. The van der Waals surface area contributed by atoms with Crippen molar-refractivity contribution in [1.82, 2.24) is 9.97 Å². The molecule has 1 N–H and O–H groups in total. The molecule has 2 unspecified atom stereocenters. The van der Waals surface area contributed by atoms with Crippen molar-refractivity contribution in [1.29, 1.82) is 0 Å². The molecular formula is C11H13F3N2O4S. The van der Waals surface area contributed by atoms with Crippen molar-refractivity contribution in [2.45, 2.75) is 25.1 Å². The van der Waals surface area contributed by atoms with Crippen molar-refractivity contribution in [2.24, 2.45) is 5.92 Å². The second-order valence-electron chi connectivity index (χ2n) is 4.84. The highest BCUT2D eigenvalue weighted by molar-refractivity contribution is 7.85. The summed E-state index contributed by atoms with van der Waals surface area (Å²) < 4.78 is 73.0. The van der Waals surface area contributed by atoms with Gasteiger partial charge in [0.1, 0.15) is 0 Å². The molecule has 1 aliphatic heterocycles. The summed E-state index contributed by atoms with van der Waals surface area (Å²) in [4.78, 5) is 6.48. The predicted molar refractivity (Wildman–Crippen MR) is 64.9 cm³/mol. The Labute approximate surface area is 119 Å². The van der Waals surface area contributed by atoms with Gasteiger partial charge in [-0.2, -0.15) is 21.6 Å². The molecule has 0 spiro atoms. The maximum Gasteiger partial charge on any atom is 0.451 e. The average Bonchev–Trinajstić information content (AvgIpc) is 2.36. The van der Waals surface area contributed by atoms with Crippen molar-refractivity contribution in [3.05, 3.63) is 23.8 Å². The van der Waals surface area contributed by atoms with Crippen LogP contribution in [0.4, 0.5) is 13.2 Å². The maximum atomic E-state index is 12.4. The number of alkyl halides is 3. The Balaban J connectivity index is 2.08. The second kappa shape index (κ2) is 5.85. The largest absolute Gasteiger partial charge is 0.451 e. The molecule has 1 aliphatic rings. The third-order valence-electron chi connectivity index (χ3n) is 3.14. The fourth-order valence-electron chi connectivity index (χ4n) is 2.20. The van der Waals surface area contributed by atoms with Crippen LogP contribution < -0.4 is 0 Å². The van der Waals surface area contributed by atoms with Crippen molar-refractivity contribution in [3.63, 3.8) is 0 Å². The molecule has 0 bridgehead atoms. The summed E-state index contributed by atoms with van der Waals surface area (Å²) >= 11 is 0. The Morgan fingerprint density at radius 1 is 1.33 bits per heavy atom. The van der Waals surface area contributed by atoms with Crippen molar-refractivity contribution < 1.29 is 30.9 Å². The highest BCUT2D eigenvalue weighted by atomic mass is 32.2. The van der Waals surface area contributed by atoms with Gasteiger partial charge in [-0.15, -0.1) is 0 Å². The van der Waals surface area contributed by atoms with Crippen LogP contribution in [0, 0.1) is 5.92 Å². The molecule has 0 radical (unpaired) electrons. The SMILES string of the molecule is O=S(=O)(O)CC1CCOC(c2cnc(C(F)(F)F)nc2)C1. The van der Waals surface area contributed by atoms with E-state index < -0.39 is 34.0 Å². The number of halogens is 3. The summed E-state index contributed by atoms with van der Waals surface area (Å²) in [6.07, 6.45) is -2.41. The quantitative estimate of drug-likeness (QED) is 0.853. The summed E-state index contributed by atoms with van der Waals surface area (Å²) in [5.41, 5.74) is 0.350. The van der Waals surface area contributed by atoms with E-state index in [1.807, 2.05) is 0 Å². The lowest BCUT2D eigenvalue weighted by Gasteiger charge is -2.28. The second-order valence-corrected chi connectivity index (χ2v) is 6.33. The molecule has 0 saturated carbocycles. The summed E-state index contributed by atoms with van der Waals surface area (Å²) in [7, 11) is -4.09. The number of rotatable bonds is 3. The minimum atomic E-state index is -4.61. The molecule has 0 aromatic carbocycles. The van der Waals surface area contributed by atoms with Crippen LogP contribution >= 0.6 is 0 Å². The highest BCUT2D eigenvalue weighted by Crippen LogP contribution is 2.32. The van der Waals surface area contributed by atoms with E-state index in [2.05, 4.69) is 9.97 Å². The zero-order chi connectivity index (χ0) is 15.7. The van der Waals surface area contributed by atoms with Gasteiger partial charge in [0, 0.05) is 24.6 Å². The fraction of sp³-hybridized carbons (Fsp3) is 0.636. The number of aromatic nitrogens is 2. The molecule has 1 saturated heterocycles. The third kappa shape index (κ3) is 4.61. The van der Waals surface area contributed by atoms with Crippen LogP contribution in [0.15, 0.2) is 12.4 Å². The van der Waals surface area contributed by atoms with Gasteiger partial charge in [-0.3, -0.25) is 4.55 Å². The normalized spacial score (nSPS) is 24.0. The van der Waals surface area contributed by atoms with Crippen molar-refractivity contribution >= 4 is 10.1 Å². The number of hydrogen-bond donors (Lipinski definition) is 1. The van der Waals surface area contributed by atoms with Crippen molar-refractivity contribution in [3.8, 4) is 0 Å². The standard InChI is InChI=1S/C11H13F3N2O4S/c12-11(13,14)10-15-4-8(5-16-10)9-3-7(1-2-20-9)6-21(17,18)19/h4-5,7,9H,1-3,6H2,(H,17,18,19). The maximum absolute atomic E-state index is 12.4. The first kappa shape index (κ1) is 16.1. The molecule has 1 fully saturated rings. The van der Waals surface area contributed by atoms with E-state index >= 15 is 0 Å². The van der Waals surface area contributed by atoms with Crippen LogP contribution in [-0.2, 0) is 21.0 Å². The fourth-order valence-corrected chi connectivity index (χ4v) is 3.10. The summed E-state index contributed by atoms with van der Waals surface area (Å²) in [6.45, 7) is 0.256. The molecule has 2 atom stereocenters. The van der Waals surface area contributed by atoms with E-state index in [1.165, 1.54) is 0 Å². The lowest BCUT2D eigenvalue weighted by Crippen LogP contribution is -2.26. The Morgan fingerprint density at radius 2 is 1.95 bits per heavy atom.